The maximum atomic E-state index is 11.8. The van der Waals surface area contributed by atoms with Gasteiger partial charge in [-0.25, -0.2) is 9.78 Å². The fourth-order valence-corrected chi connectivity index (χ4v) is 4.49. The van der Waals surface area contributed by atoms with Crippen molar-refractivity contribution < 1.29 is 14.7 Å². The molecule has 7 heteroatoms. The van der Waals surface area contributed by atoms with Gasteiger partial charge in [0.15, 0.2) is 5.13 Å². The van der Waals surface area contributed by atoms with Gasteiger partial charge < -0.3 is 15.3 Å². The van der Waals surface area contributed by atoms with Crippen molar-refractivity contribution in [1.29, 1.82) is 0 Å². The van der Waals surface area contributed by atoms with Crippen molar-refractivity contribution >= 4 is 28.1 Å². The van der Waals surface area contributed by atoms with E-state index in [1.165, 1.54) is 11.3 Å². The van der Waals surface area contributed by atoms with Crippen LogP contribution in [0.25, 0.3) is 0 Å². The monoisotopic (exact) mass is 471 g/mol. The van der Waals surface area contributed by atoms with Gasteiger partial charge in [0.2, 0.25) is 5.71 Å². The number of anilines is 1. The molecule has 0 bridgehead atoms. The molecule has 3 aromatic carbocycles. The van der Waals surface area contributed by atoms with Crippen LogP contribution < -0.4 is 5.32 Å². The van der Waals surface area contributed by atoms with E-state index in [0.29, 0.717) is 5.13 Å². The summed E-state index contributed by atoms with van der Waals surface area (Å²) in [5.41, 5.74) is 2.33. The molecule has 0 aliphatic carbocycles. The molecule has 0 saturated carbocycles. The van der Waals surface area contributed by atoms with E-state index in [0.717, 1.165) is 16.7 Å². The Labute approximate surface area is 202 Å². The van der Waals surface area contributed by atoms with E-state index in [2.05, 4.69) is 51.9 Å². The Kier molecular flexibility index (Phi) is 7.04. The van der Waals surface area contributed by atoms with Crippen molar-refractivity contribution in [1.82, 2.24) is 4.98 Å². The van der Waals surface area contributed by atoms with Crippen LogP contribution in [0.5, 0.6) is 0 Å². The Morgan fingerprint density at radius 3 is 1.79 bits per heavy atom. The number of hydrogen-bond acceptors (Lipinski definition) is 6. The SMILES string of the molecule is CC(C)O/N=C(\C(=O)O)c1csc(NC(c2ccccc2)(c2ccccc2)c2ccccc2)n1. The molecule has 0 spiro atoms. The first-order valence-electron chi connectivity index (χ1n) is 10.9. The fourth-order valence-electron chi connectivity index (χ4n) is 3.73. The Balaban J connectivity index is 1.85. The maximum absolute atomic E-state index is 11.8. The van der Waals surface area contributed by atoms with Gasteiger partial charge in [-0.2, -0.15) is 0 Å². The summed E-state index contributed by atoms with van der Waals surface area (Å²) in [5.74, 6) is -1.20. The third-order valence-electron chi connectivity index (χ3n) is 5.22. The van der Waals surface area contributed by atoms with Gasteiger partial charge >= 0.3 is 5.97 Å². The van der Waals surface area contributed by atoms with Gasteiger partial charge in [0, 0.05) is 5.38 Å². The van der Waals surface area contributed by atoms with E-state index >= 15 is 0 Å². The maximum Gasteiger partial charge on any atom is 0.360 e. The van der Waals surface area contributed by atoms with E-state index in [1.54, 1.807) is 19.2 Å². The number of thiazole rings is 1. The van der Waals surface area contributed by atoms with Crippen molar-refractivity contribution in [2.24, 2.45) is 5.16 Å². The first kappa shape index (κ1) is 23.2. The predicted octanol–water partition coefficient (Wildman–Crippen LogP) is 5.76. The molecule has 2 N–H and O–H groups in total. The highest BCUT2D eigenvalue weighted by atomic mass is 32.1. The number of carboxylic acids is 1. The van der Waals surface area contributed by atoms with Gasteiger partial charge in [0.1, 0.15) is 17.3 Å². The molecule has 0 fully saturated rings. The number of carboxylic acid groups (broad SMARTS) is 1. The quantitative estimate of drug-likeness (QED) is 0.184. The summed E-state index contributed by atoms with van der Waals surface area (Å²) in [7, 11) is 0. The van der Waals surface area contributed by atoms with Gasteiger partial charge in [0.25, 0.3) is 0 Å². The number of aromatic nitrogens is 1. The highest BCUT2D eigenvalue weighted by molar-refractivity contribution is 7.14. The van der Waals surface area contributed by atoms with Crippen LogP contribution in [-0.4, -0.2) is 27.9 Å². The summed E-state index contributed by atoms with van der Waals surface area (Å²) in [6.07, 6.45) is -0.243. The lowest BCUT2D eigenvalue weighted by molar-refractivity contribution is -0.129. The summed E-state index contributed by atoms with van der Waals surface area (Å²) in [6.45, 7) is 3.57. The number of nitrogens with zero attached hydrogens (tertiary/aromatic N) is 2. The second-order valence-electron chi connectivity index (χ2n) is 7.91. The van der Waals surface area contributed by atoms with Crippen LogP contribution in [0, 0.1) is 0 Å². The van der Waals surface area contributed by atoms with E-state index in [1.807, 2.05) is 54.6 Å². The molecule has 4 aromatic rings. The second-order valence-corrected chi connectivity index (χ2v) is 8.77. The summed E-state index contributed by atoms with van der Waals surface area (Å²) in [5, 5.41) is 19.3. The zero-order valence-corrected chi connectivity index (χ0v) is 19.7. The summed E-state index contributed by atoms with van der Waals surface area (Å²) < 4.78 is 0. The van der Waals surface area contributed by atoms with Crippen LogP contribution in [0.2, 0.25) is 0 Å². The number of nitrogens with one attached hydrogen (secondary N) is 1. The Hall–Kier alpha value is -3.97. The molecule has 0 saturated heterocycles. The van der Waals surface area contributed by atoms with E-state index in [9.17, 15) is 9.90 Å². The van der Waals surface area contributed by atoms with Crippen molar-refractivity contribution in [3.05, 3.63) is 119 Å². The Morgan fingerprint density at radius 1 is 0.912 bits per heavy atom. The molecule has 1 aromatic heterocycles. The van der Waals surface area contributed by atoms with E-state index in [4.69, 9.17) is 4.84 Å². The molecule has 4 rings (SSSR count). The molecule has 0 radical (unpaired) electrons. The molecular formula is C27H25N3O3S. The van der Waals surface area contributed by atoms with Gasteiger partial charge in [-0.15, -0.1) is 11.3 Å². The van der Waals surface area contributed by atoms with Crippen LogP contribution in [0.15, 0.2) is 102 Å². The number of benzene rings is 3. The average molecular weight is 472 g/mol. The lowest BCUT2D eigenvalue weighted by Gasteiger charge is -2.36. The molecular weight excluding hydrogens is 446 g/mol. The molecule has 172 valence electrons. The zero-order chi connectivity index (χ0) is 24.0. The largest absolute Gasteiger partial charge is 0.476 e. The van der Waals surface area contributed by atoms with Gasteiger partial charge in [0.05, 0.1) is 0 Å². The van der Waals surface area contributed by atoms with E-state index in [-0.39, 0.29) is 17.5 Å². The van der Waals surface area contributed by atoms with Gasteiger partial charge in [-0.1, -0.05) is 96.2 Å². The van der Waals surface area contributed by atoms with Crippen molar-refractivity contribution in [2.45, 2.75) is 25.5 Å². The van der Waals surface area contributed by atoms with Crippen molar-refractivity contribution in [2.75, 3.05) is 5.32 Å². The van der Waals surface area contributed by atoms with E-state index < -0.39 is 11.5 Å². The molecule has 0 aliphatic rings. The van der Waals surface area contributed by atoms with Crippen LogP contribution >= 0.6 is 11.3 Å². The molecule has 0 amide bonds. The normalized spacial score (nSPS) is 11.9. The van der Waals surface area contributed by atoms with Crippen LogP contribution in [0.3, 0.4) is 0 Å². The second kappa shape index (κ2) is 10.3. The lowest BCUT2D eigenvalue weighted by Crippen LogP contribution is -2.38. The number of hydrogen-bond donors (Lipinski definition) is 2. The van der Waals surface area contributed by atoms with Crippen molar-refractivity contribution in [3.63, 3.8) is 0 Å². The fraction of sp³-hybridized carbons (Fsp3) is 0.148. The van der Waals surface area contributed by atoms with Crippen molar-refractivity contribution in [3.8, 4) is 0 Å². The lowest BCUT2D eigenvalue weighted by atomic mass is 9.77. The Morgan fingerprint density at radius 2 is 1.38 bits per heavy atom. The third-order valence-corrected chi connectivity index (χ3v) is 5.98. The Bertz CT molecular complexity index is 1160. The predicted molar refractivity (Wildman–Crippen MR) is 135 cm³/mol. The topological polar surface area (TPSA) is 83.8 Å². The molecule has 34 heavy (non-hydrogen) atoms. The standard InChI is InChI=1S/C27H25N3O3S/c1-19(2)33-30-24(25(31)32)23-18-34-26(28-23)29-27(20-12-6-3-7-13-20,21-14-8-4-9-15-21)22-16-10-5-11-17-22/h3-19H,1-2H3,(H,28,29)(H,31,32)/b30-24-. The van der Waals surface area contributed by atoms with Gasteiger partial charge in [-0.05, 0) is 30.5 Å². The highest BCUT2D eigenvalue weighted by Crippen LogP contribution is 2.40. The molecule has 0 unspecified atom stereocenters. The highest BCUT2D eigenvalue weighted by Gasteiger charge is 2.37. The summed E-state index contributed by atoms with van der Waals surface area (Å²) in [6, 6.07) is 30.4. The summed E-state index contributed by atoms with van der Waals surface area (Å²) in [4.78, 5) is 21.6. The number of rotatable bonds is 9. The third kappa shape index (κ3) is 4.84. The molecule has 6 nitrogen and oxygen atoms in total. The zero-order valence-electron chi connectivity index (χ0n) is 18.9. The summed E-state index contributed by atoms with van der Waals surface area (Å²) >= 11 is 1.32. The molecule has 0 atom stereocenters. The first-order chi connectivity index (χ1) is 16.5. The minimum absolute atomic E-state index is 0.234. The smallest absolute Gasteiger partial charge is 0.360 e. The van der Waals surface area contributed by atoms with Crippen LogP contribution in [0.1, 0.15) is 36.2 Å². The van der Waals surface area contributed by atoms with Gasteiger partial charge in [-0.3, -0.25) is 0 Å². The number of aliphatic carboxylic acids is 1. The minimum Gasteiger partial charge on any atom is -0.476 e. The minimum atomic E-state index is -1.20. The average Bonchev–Trinajstić information content (AvgIpc) is 3.32. The van der Waals surface area contributed by atoms with Crippen LogP contribution in [0.4, 0.5) is 5.13 Å². The first-order valence-corrected chi connectivity index (χ1v) is 11.8. The van der Waals surface area contributed by atoms with Crippen LogP contribution in [-0.2, 0) is 15.2 Å². The number of carbonyl (C=O) groups is 1. The number of oxime groups is 1. The molecule has 0 aliphatic heterocycles. The molecule has 1 heterocycles.